The zero-order chi connectivity index (χ0) is 28.5. The summed E-state index contributed by atoms with van der Waals surface area (Å²) < 4.78 is 5.01. The van der Waals surface area contributed by atoms with Gasteiger partial charge in [-0.05, 0) is 50.7 Å². The minimum Gasteiger partial charge on any atom is -0.504 e. The van der Waals surface area contributed by atoms with Crippen LogP contribution in [0.1, 0.15) is 59.9 Å². The van der Waals surface area contributed by atoms with E-state index in [0.29, 0.717) is 19.6 Å². The van der Waals surface area contributed by atoms with Gasteiger partial charge in [0.1, 0.15) is 17.7 Å². The van der Waals surface area contributed by atoms with Crippen molar-refractivity contribution < 1.29 is 19.4 Å². The number of allylic oxidation sites excluding steroid dienone is 5. The van der Waals surface area contributed by atoms with Gasteiger partial charge in [0.25, 0.3) is 0 Å². The highest BCUT2D eigenvalue weighted by Gasteiger charge is 2.42. The highest BCUT2D eigenvalue weighted by atomic mass is 16.5. The molecular formula is C30H38N4O4. The number of para-hydroxylation sites is 1. The van der Waals surface area contributed by atoms with Crippen molar-refractivity contribution in [3.8, 4) is 12.1 Å². The molecule has 1 aromatic rings. The number of nitriles is 2. The van der Waals surface area contributed by atoms with Gasteiger partial charge in [-0.15, -0.1) is 0 Å². The third kappa shape index (κ3) is 6.33. The number of hydrogen-bond acceptors (Lipinski definition) is 8. The number of esters is 1. The fraction of sp³-hybridized carbons (Fsp3) is 0.467. The molecule has 0 unspecified atom stereocenters. The van der Waals surface area contributed by atoms with E-state index in [0.717, 1.165) is 16.9 Å². The first-order valence-electron chi connectivity index (χ1n) is 13.1. The maximum Gasteiger partial charge on any atom is 0.305 e. The largest absolute Gasteiger partial charge is 0.504 e. The van der Waals surface area contributed by atoms with Crippen LogP contribution in [0.4, 0.5) is 5.69 Å². The third-order valence-electron chi connectivity index (χ3n) is 6.93. The molecule has 0 aromatic heterocycles. The Morgan fingerprint density at radius 3 is 2.24 bits per heavy atom. The normalized spacial score (nSPS) is 16.3. The van der Waals surface area contributed by atoms with E-state index in [9.17, 15) is 25.2 Å². The molecule has 1 aliphatic carbocycles. The molecule has 0 radical (unpaired) electrons. The van der Waals surface area contributed by atoms with E-state index in [1.807, 2.05) is 43.0 Å². The maximum absolute atomic E-state index is 12.1. The molecule has 38 heavy (non-hydrogen) atoms. The van der Waals surface area contributed by atoms with Crippen LogP contribution in [0, 0.1) is 22.7 Å². The van der Waals surface area contributed by atoms with Crippen LogP contribution in [0.3, 0.4) is 0 Å². The average Bonchev–Trinajstić information content (AvgIpc) is 3.13. The lowest BCUT2D eigenvalue weighted by atomic mass is 9.79. The Kier molecular flexibility index (Phi) is 10.9. The summed E-state index contributed by atoms with van der Waals surface area (Å²) in [6.45, 7) is 16.8. The van der Waals surface area contributed by atoms with Gasteiger partial charge in [0, 0.05) is 35.3 Å². The van der Waals surface area contributed by atoms with Gasteiger partial charge < -0.3 is 19.6 Å². The first kappa shape index (κ1) is 30.3. The minimum absolute atomic E-state index is 0.0618. The van der Waals surface area contributed by atoms with Crippen LogP contribution in [-0.4, -0.2) is 54.5 Å². The smallest absolute Gasteiger partial charge is 0.305 e. The molecular weight excluding hydrogens is 480 g/mol. The molecule has 8 nitrogen and oxygen atoms in total. The number of ketones is 1. The lowest BCUT2D eigenvalue weighted by Crippen LogP contribution is -2.30. The van der Waals surface area contributed by atoms with Crippen molar-refractivity contribution in [1.29, 1.82) is 10.5 Å². The van der Waals surface area contributed by atoms with Crippen molar-refractivity contribution >= 4 is 17.4 Å². The number of Topliss-reactive ketones (excluding diaryl/α,β-unsaturated/α-hetero) is 1. The van der Waals surface area contributed by atoms with Crippen molar-refractivity contribution in [1.82, 2.24) is 4.90 Å². The summed E-state index contributed by atoms with van der Waals surface area (Å²) in [6, 6.07) is 11.3. The summed E-state index contributed by atoms with van der Waals surface area (Å²) >= 11 is 0. The molecule has 1 aromatic carbocycles. The average molecular weight is 519 g/mol. The van der Waals surface area contributed by atoms with Crippen molar-refractivity contribution in [3.63, 3.8) is 0 Å². The van der Waals surface area contributed by atoms with Crippen molar-refractivity contribution in [2.24, 2.45) is 0 Å². The van der Waals surface area contributed by atoms with E-state index < -0.39 is 17.0 Å². The molecule has 1 N–H and O–H groups in total. The summed E-state index contributed by atoms with van der Waals surface area (Å²) in [5, 5.41) is 28.6. The van der Waals surface area contributed by atoms with Crippen LogP contribution in [0.5, 0.6) is 0 Å². The van der Waals surface area contributed by atoms with E-state index in [1.54, 1.807) is 25.1 Å². The van der Waals surface area contributed by atoms with Crippen LogP contribution in [0.15, 0.2) is 58.5 Å². The minimum atomic E-state index is -0.702. The van der Waals surface area contributed by atoms with Gasteiger partial charge in [-0.25, -0.2) is 0 Å². The Balaban J connectivity index is 0.000000638. The number of benzene rings is 1. The van der Waals surface area contributed by atoms with Gasteiger partial charge in [0.2, 0.25) is 5.78 Å². The number of aliphatic hydroxyl groups excluding tert-OH is 1. The lowest BCUT2D eigenvalue weighted by Gasteiger charge is -2.29. The standard InChI is InChI=1S/C24H23N3O4.C6H15N/c1-4-31-20(28)10-7-11-27-18-9-6-5-8-17(18)24(2,3)19(27)12-16-21(15(13-25)14-26)23(30)22(16)29;1-4-7(5-2)6-3/h5-6,8-9,12,29H,4,7,10-11H2,1-3H3;4-6H2,1-3H3. The van der Waals surface area contributed by atoms with Crippen LogP contribution < -0.4 is 4.90 Å². The highest BCUT2D eigenvalue weighted by Crippen LogP contribution is 2.49. The van der Waals surface area contributed by atoms with Crippen LogP contribution in [0.25, 0.3) is 0 Å². The summed E-state index contributed by atoms with van der Waals surface area (Å²) in [7, 11) is 0. The summed E-state index contributed by atoms with van der Waals surface area (Å²) in [4.78, 5) is 28.3. The molecule has 3 rings (SSSR count). The zero-order valence-electron chi connectivity index (χ0n) is 23.3. The number of rotatable bonds is 9. The SMILES string of the molecule is CCN(CC)CC.CCOC(=O)CCCN1C(=CC2=C(O)C(=O)C2=C(C#N)C#N)C(C)(C)c2ccccc21. The van der Waals surface area contributed by atoms with Gasteiger partial charge in [0.05, 0.1) is 12.2 Å². The lowest BCUT2D eigenvalue weighted by molar-refractivity contribution is -0.143. The molecule has 0 atom stereocenters. The summed E-state index contributed by atoms with van der Waals surface area (Å²) in [5.41, 5.74) is 2.18. The van der Waals surface area contributed by atoms with Gasteiger partial charge in [-0.2, -0.15) is 10.5 Å². The molecule has 1 heterocycles. The maximum atomic E-state index is 12.1. The quantitative estimate of drug-likeness (QED) is 0.273. The number of nitrogens with zero attached hydrogens (tertiary/aromatic N) is 4. The number of fused-ring (bicyclic) bond motifs is 1. The Bertz CT molecular complexity index is 1200. The summed E-state index contributed by atoms with van der Waals surface area (Å²) in [5.74, 6) is -1.42. The van der Waals surface area contributed by atoms with E-state index in [2.05, 4.69) is 25.7 Å². The Hall–Kier alpha value is -3.88. The topological polar surface area (TPSA) is 118 Å². The van der Waals surface area contributed by atoms with Crippen molar-refractivity contribution in [2.45, 2.75) is 59.8 Å². The third-order valence-corrected chi connectivity index (χ3v) is 6.93. The Morgan fingerprint density at radius 2 is 1.71 bits per heavy atom. The second kappa shape index (κ2) is 13.6. The van der Waals surface area contributed by atoms with E-state index >= 15 is 0 Å². The molecule has 2 aliphatic rings. The summed E-state index contributed by atoms with van der Waals surface area (Å²) in [6.07, 6.45) is 2.49. The predicted molar refractivity (Wildman–Crippen MR) is 147 cm³/mol. The van der Waals surface area contributed by atoms with Gasteiger partial charge in [-0.1, -0.05) is 52.8 Å². The fourth-order valence-electron chi connectivity index (χ4n) is 4.71. The van der Waals surface area contributed by atoms with Crippen LogP contribution in [0.2, 0.25) is 0 Å². The number of carbonyl (C=O) groups excluding carboxylic acids is 2. The number of anilines is 1. The molecule has 0 bridgehead atoms. The second-order valence-corrected chi connectivity index (χ2v) is 9.42. The van der Waals surface area contributed by atoms with E-state index in [-0.39, 0.29) is 29.1 Å². The monoisotopic (exact) mass is 518 g/mol. The van der Waals surface area contributed by atoms with Crippen LogP contribution in [-0.2, 0) is 19.7 Å². The molecule has 0 spiro atoms. The van der Waals surface area contributed by atoms with Gasteiger partial charge >= 0.3 is 5.97 Å². The molecule has 1 aliphatic heterocycles. The number of aliphatic hydroxyl groups is 1. The van der Waals surface area contributed by atoms with Crippen molar-refractivity contribution in [2.75, 3.05) is 37.7 Å². The molecule has 8 heteroatoms. The number of carbonyl (C=O) groups is 2. The molecule has 0 saturated carbocycles. The molecule has 0 fully saturated rings. The second-order valence-electron chi connectivity index (χ2n) is 9.42. The molecule has 0 saturated heterocycles. The van der Waals surface area contributed by atoms with E-state index in [1.165, 1.54) is 19.6 Å². The first-order chi connectivity index (χ1) is 18.1. The zero-order valence-corrected chi connectivity index (χ0v) is 23.3. The predicted octanol–water partition coefficient (Wildman–Crippen LogP) is 5.10. The highest BCUT2D eigenvalue weighted by molar-refractivity contribution is 6.20. The Morgan fingerprint density at radius 1 is 1.11 bits per heavy atom. The number of ether oxygens (including phenoxy) is 1. The van der Waals surface area contributed by atoms with Gasteiger partial charge in [-0.3, -0.25) is 9.59 Å². The Labute approximate surface area is 226 Å². The fourth-order valence-corrected chi connectivity index (χ4v) is 4.71. The van der Waals surface area contributed by atoms with Crippen LogP contribution >= 0.6 is 0 Å². The first-order valence-corrected chi connectivity index (χ1v) is 13.1. The molecule has 202 valence electrons. The van der Waals surface area contributed by atoms with Crippen molar-refractivity contribution in [3.05, 3.63) is 64.1 Å². The van der Waals surface area contributed by atoms with E-state index in [4.69, 9.17) is 4.74 Å². The molecule has 0 amide bonds. The van der Waals surface area contributed by atoms with Gasteiger partial charge in [0.15, 0.2) is 5.76 Å². The number of hydrogen-bond donors (Lipinski definition) is 1.